The number of hydrogen-bond acceptors (Lipinski definition) is 6. The van der Waals surface area contributed by atoms with Crippen molar-refractivity contribution >= 4 is 28.4 Å². The number of fused-ring (bicyclic) bond motifs is 3. The van der Waals surface area contributed by atoms with Crippen molar-refractivity contribution in [2.75, 3.05) is 13.4 Å². The zero-order valence-electron chi connectivity index (χ0n) is 13.9. The van der Waals surface area contributed by atoms with Crippen LogP contribution in [-0.4, -0.2) is 37.5 Å². The molecule has 0 fully saturated rings. The van der Waals surface area contributed by atoms with Gasteiger partial charge in [-0.2, -0.15) is 9.50 Å². The lowest BCUT2D eigenvalue weighted by Gasteiger charge is -2.10. The van der Waals surface area contributed by atoms with Gasteiger partial charge in [0.1, 0.15) is 5.75 Å². The molecule has 4 aromatic rings. The minimum atomic E-state index is -0.154. The minimum Gasteiger partial charge on any atom is -0.497 e. The molecule has 0 amide bonds. The number of pyridine rings is 1. The van der Waals surface area contributed by atoms with Crippen LogP contribution in [0.3, 0.4) is 0 Å². The van der Waals surface area contributed by atoms with Gasteiger partial charge in [-0.3, -0.25) is 9.36 Å². The molecule has 1 aromatic carbocycles. The van der Waals surface area contributed by atoms with E-state index in [-0.39, 0.29) is 5.56 Å². The van der Waals surface area contributed by atoms with Crippen molar-refractivity contribution in [3.8, 4) is 11.4 Å². The molecule has 3 aromatic heterocycles. The molecule has 4 rings (SSSR count). The molecular weight excluding hydrogens is 338 g/mol. The summed E-state index contributed by atoms with van der Waals surface area (Å²) in [6.07, 6.45) is 3.64. The summed E-state index contributed by atoms with van der Waals surface area (Å²) in [4.78, 5) is 21.9. The minimum absolute atomic E-state index is 0.154. The molecule has 0 saturated carbocycles. The molecule has 25 heavy (non-hydrogen) atoms. The third kappa shape index (κ3) is 2.45. The Morgan fingerprint density at radius 2 is 2.04 bits per heavy atom. The topological polar surface area (TPSA) is 74.3 Å². The van der Waals surface area contributed by atoms with Gasteiger partial charge in [0, 0.05) is 12.3 Å². The van der Waals surface area contributed by atoms with Crippen LogP contribution in [0, 0.1) is 6.92 Å². The van der Waals surface area contributed by atoms with Gasteiger partial charge in [0.15, 0.2) is 0 Å². The maximum Gasteiger partial charge on any atom is 0.266 e. The summed E-state index contributed by atoms with van der Waals surface area (Å²) in [5.74, 6) is 1.18. The van der Waals surface area contributed by atoms with Crippen molar-refractivity contribution in [1.29, 1.82) is 0 Å². The molecule has 0 spiro atoms. The Hall–Kier alpha value is -2.87. The van der Waals surface area contributed by atoms with Crippen LogP contribution >= 0.6 is 11.8 Å². The molecule has 0 unspecified atom stereocenters. The molecule has 0 radical (unpaired) electrons. The second kappa shape index (κ2) is 5.89. The van der Waals surface area contributed by atoms with Crippen LogP contribution in [0.2, 0.25) is 0 Å². The SMILES string of the molecule is COc1cccc(-n2ccc3c(c(C)nc4nc(SC)nn43)c2=O)c1. The van der Waals surface area contributed by atoms with Crippen molar-refractivity contribution in [2.45, 2.75) is 12.1 Å². The first-order chi connectivity index (χ1) is 12.1. The van der Waals surface area contributed by atoms with Crippen molar-refractivity contribution < 1.29 is 4.74 Å². The second-order valence-corrected chi connectivity index (χ2v) is 6.23. The van der Waals surface area contributed by atoms with Gasteiger partial charge in [-0.25, -0.2) is 4.98 Å². The Kier molecular flexibility index (Phi) is 3.69. The fourth-order valence-corrected chi connectivity index (χ4v) is 3.15. The Labute approximate surface area is 147 Å². The van der Waals surface area contributed by atoms with Crippen molar-refractivity contribution in [1.82, 2.24) is 24.1 Å². The van der Waals surface area contributed by atoms with E-state index in [0.29, 0.717) is 33.3 Å². The highest BCUT2D eigenvalue weighted by Gasteiger charge is 2.15. The third-order valence-corrected chi connectivity index (χ3v) is 4.55. The number of ether oxygens (including phenoxy) is 1. The molecule has 7 nitrogen and oxygen atoms in total. The van der Waals surface area contributed by atoms with Gasteiger partial charge < -0.3 is 4.74 Å². The molecule has 8 heteroatoms. The molecule has 0 aliphatic heterocycles. The average molecular weight is 353 g/mol. The number of aromatic nitrogens is 5. The van der Waals surface area contributed by atoms with E-state index in [9.17, 15) is 4.79 Å². The average Bonchev–Trinajstić information content (AvgIpc) is 3.05. The summed E-state index contributed by atoms with van der Waals surface area (Å²) >= 11 is 1.44. The van der Waals surface area contributed by atoms with Crippen LogP contribution in [-0.2, 0) is 0 Å². The van der Waals surface area contributed by atoms with Gasteiger partial charge in [-0.1, -0.05) is 17.8 Å². The predicted octanol–water partition coefficient (Wildman–Crippen LogP) is 2.47. The predicted molar refractivity (Wildman–Crippen MR) is 97.0 cm³/mol. The number of methoxy groups -OCH3 is 1. The van der Waals surface area contributed by atoms with Crippen molar-refractivity contribution in [2.24, 2.45) is 0 Å². The first-order valence-electron chi connectivity index (χ1n) is 7.59. The second-order valence-electron chi connectivity index (χ2n) is 5.46. The third-order valence-electron chi connectivity index (χ3n) is 4.01. The van der Waals surface area contributed by atoms with Crippen LogP contribution in [0.15, 0.2) is 46.5 Å². The Balaban J connectivity index is 2.03. The standard InChI is InChI=1S/C17H15N5O2S/c1-10-14-13(22-16(18-10)19-17(20-22)25-3)7-8-21(15(14)23)11-5-4-6-12(9-11)24-2/h4-9H,1-3H3. The summed E-state index contributed by atoms with van der Waals surface area (Å²) in [7, 11) is 1.60. The Morgan fingerprint density at radius 3 is 2.80 bits per heavy atom. The van der Waals surface area contributed by atoms with Gasteiger partial charge in [0.05, 0.1) is 29.4 Å². The van der Waals surface area contributed by atoms with E-state index < -0.39 is 0 Å². The molecule has 0 N–H and O–H groups in total. The van der Waals surface area contributed by atoms with E-state index in [0.717, 1.165) is 5.69 Å². The van der Waals surface area contributed by atoms with Gasteiger partial charge in [-0.05, 0) is 31.4 Å². The fraction of sp³-hybridized carbons (Fsp3) is 0.176. The Bertz CT molecular complexity index is 1170. The summed E-state index contributed by atoms with van der Waals surface area (Å²) < 4.78 is 8.45. The van der Waals surface area contributed by atoms with Gasteiger partial charge in [0.2, 0.25) is 5.16 Å². The lowest BCUT2D eigenvalue weighted by molar-refractivity contribution is 0.414. The lowest BCUT2D eigenvalue weighted by Crippen LogP contribution is -2.20. The van der Waals surface area contributed by atoms with E-state index in [1.807, 2.05) is 43.5 Å². The summed E-state index contributed by atoms with van der Waals surface area (Å²) in [6.45, 7) is 1.81. The molecule has 0 bridgehead atoms. The number of rotatable bonds is 3. The monoisotopic (exact) mass is 353 g/mol. The van der Waals surface area contributed by atoms with Crippen molar-refractivity contribution in [3.63, 3.8) is 0 Å². The number of hydrogen-bond donors (Lipinski definition) is 0. The molecular formula is C17H15N5O2S. The van der Waals surface area contributed by atoms with Crippen LogP contribution < -0.4 is 10.3 Å². The zero-order chi connectivity index (χ0) is 17.6. The van der Waals surface area contributed by atoms with Gasteiger partial charge in [-0.15, -0.1) is 5.10 Å². The molecule has 0 aliphatic carbocycles. The highest BCUT2D eigenvalue weighted by molar-refractivity contribution is 7.98. The van der Waals surface area contributed by atoms with E-state index in [1.54, 1.807) is 22.4 Å². The van der Waals surface area contributed by atoms with Gasteiger partial charge >= 0.3 is 0 Å². The molecule has 3 heterocycles. The van der Waals surface area contributed by atoms with Gasteiger partial charge in [0.25, 0.3) is 11.3 Å². The smallest absolute Gasteiger partial charge is 0.266 e. The van der Waals surface area contributed by atoms with E-state index >= 15 is 0 Å². The summed E-state index contributed by atoms with van der Waals surface area (Å²) in [6, 6.07) is 9.22. The maximum absolute atomic E-state index is 13.1. The number of nitrogens with zero attached hydrogens (tertiary/aromatic N) is 5. The van der Waals surface area contributed by atoms with E-state index in [4.69, 9.17) is 4.74 Å². The van der Waals surface area contributed by atoms with E-state index in [2.05, 4.69) is 15.1 Å². The highest BCUT2D eigenvalue weighted by Crippen LogP contribution is 2.20. The Morgan fingerprint density at radius 1 is 1.20 bits per heavy atom. The fourth-order valence-electron chi connectivity index (χ4n) is 2.82. The number of aryl methyl sites for hydroxylation is 1. The summed E-state index contributed by atoms with van der Waals surface area (Å²) in [5.41, 5.74) is 1.90. The van der Waals surface area contributed by atoms with Crippen LogP contribution in [0.1, 0.15) is 5.69 Å². The zero-order valence-corrected chi connectivity index (χ0v) is 14.7. The van der Waals surface area contributed by atoms with Crippen LogP contribution in [0.4, 0.5) is 0 Å². The highest BCUT2D eigenvalue weighted by atomic mass is 32.2. The van der Waals surface area contributed by atoms with E-state index in [1.165, 1.54) is 11.8 Å². The number of thioether (sulfide) groups is 1. The normalized spacial score (nSPS) is 11.3. The molecule has 0 aliphatic rings. The molecule has 126 valence electrons. The van der Waals surface area contributed by atoms with Crippen molar-refractivity contribution in [3.05, 3.63) is 52.6 Å². The lowest BCUT2D eigenvalue weighted by atomic mass is 10.2. The molecule has 0 atom stereocenters. The first-order valence-corrected chi connectivity index (χ1v) is 8.82. The largest absolute Gasteiger partial charge is 0.497 e. The first kappa shape index (κ1) is 15.6. The summed E-state index contributed by atoms with van der Waals surface area (Å²) in [5, 5.41) is 5.55. The maximum atomic E-state index is 13.1. The van der Waals surface area contributed by atoms with Crippen LogP contribution in [0.25, 0.3) is 22.4 Å². The number of benzene rings is 1. The molecule has 0 saturated heterocycles. The quantitative estimate of drug-likeness (QED) is 0.527. The van der Waals surface area contributed by atoms with Crippen LogP contribution in [0.5, 0.6) is 5.75 Å².